The number of aromatic nitrogens is 2. The van der Waals surface area contributed by atoms with Crippen molar-refractivity contribution in [2.24, 2.45) is 0 Å². The van der Waals surface area contributed by atoms with Gasteiger partial charge < -0.3 is 4.90 Å². The van der Waals surface area contributed by atoms with E-state index in [9.17, 15) is 0 Å². The van der Waals surface area contributed by atoms with E-state index in [1.807, 2.05) is 17.1 Å². The van der Waals surface area contributed by atoms with Crippen molar-refractivity contribution >= 4 is 6.20 Å². The molecule has 72 valence electrons. The summed E-state index contributed by atoms with van der Waals surface area (Å²) in [6, 6.07) is 0. The van der Waals surface area contributed by atoms with Gasteiger partial charge in [0.05, 0.1) is 12.7 Å². The van der Waals surface area contributed by atoms with Crippen molar-refractivity contribution < 1.29 is 4.57 Å². The molecule has 0 atom stereocenters. The van der Waals surface area contributed by atoms with Crippen LogP contribution in [-0.2, 0) is 6.54 Å². The molecule has 3 nitrogen and oxygen atoms in total. The smallest absolute Gasteiger partial charge is 0.248 e. The van der Waals surface area contributed by atoms with Gasteiger partial charge >= 0.3 is 0 Å². The molecule has 0 aliphatic heterocycles. The Morgan fingerprint density at radius 2 is 2.31 bits per heavy atom. The van der Waals surface area contributed by atoms with Gasteiger partial charge in [0.1, 0.15) is 12.4 Å². The summed E-state index contributed by atoms with van der Waals surface area (Å²) in [7, 11) is 4.19. The van der Waals surface area contributed by atoms with E-state index in [1.54, 1.807) is 6.20 Å². The van der Waals surface area contributed by atoms with Crippen molar-refractivity contribution in [3.05, 3.63) is 25.3 Å². The fourth-order valence-electron chi connectivity index (χ4n) is 1.22. The largest absolute Gasteiger partial charge is 0.309 e. The van der Waals surface area contributed by atoms with Crippen LogP contribution < -0.4 is 4.57 Å². The summed E-state index contributed by atoms with van der Waals surface area (Å²) in [5.74, 6) is 0. The van der Waals surface area contributed by atoms with Gasteiger partial charge in [0, 0.05) is 6.54 Å². The number of imidazole rings is 1. The van der Waals surface area contributed by atoms with Crippen LogP contribution in [0.3, 0.4) is 0 Å². The Labute approximate surface area is 79.9 Å². The lowest BCUT2D eigenvalue weighted by Crippen LogP contribution is -2.32. The molecule has 1 aromatic rings. The zero-order chi connectivity index (χ0) is 9.68. The Morgan fingerprint density at radius 1 is 1.54 bits per heavy atom. The first-order chi connectivity index (χ1) is 6.22. The van der Waals surface area contributed by atoms with E-state index in [0.29, 0.717) is 0 Å². The summed E-state index contributed by atoms with van der Waals surface area (Å²) in [5, 5.41) is 0. The molecule has 0 aliphatic rings. The van der Waals surface area contributed by atoms with E-state index in [-0.39, 0.29) is 0 Å². The predicted molar refractivity (Wildman–Crippen MR) is 54.2 cm³/mol. The van der Waals surface area contributed by atoms with Crippen molar-refractivity contribution in [2.45, 2.75) is 13.0 Å². The van der Waals surface area contributed by atoms with Gasteiger partial charge in [0.15, 0.2) is 0 Å². The molecule has 0 amide bonds. The summed E-state index contributed by atoms with van der Waals surface area (Å²) in [6.45, 7) is 5.89. The molecule has 1 aromatic heterocycles. The van der Waals surface area contributed by atoms with E-state index in [4.69, 9.17) is 0 Å². The maximum absolute atomic E-state index is 3.69. The van der Waals surface area contributed by atoms with Crippen molar-refractivity contribution in [1.82, 2.24) is 9.47 Å². The molecular weight excluding hydrogens is 162 g/mol. The minimum absolute atomic E-state index is 1.07. The lowest BCUT2D eigenvalue weighted by Gasteiger charge is -2.06. The SMILES string of the molecule is C=Cn1cc[n+](CCCN(C)C)c1. The zero-order valence-corrected chi connectivity index (χ0v) is 8.48. The second-order valence-corrected chi connectivity index (χ2v) is 3.44. The van der Waals surface area contributed by atoms with E-state index in [2.05, 4.69) is 36.3 Å². The average Bonchev–Trinajstić information content (AvgIpc) is 2.52. The third-order valence-corrected chi connectivity index (χ3v) is 1.94. The fraction of sp³-hybridized carbons (Fsp3) is 0.500. The third kappa shape index (κ3) is 3.42. The van der Waals surface area contributed by atoms with Crippen LogP contribution in [0.25, 0.3) is 6.20 Å². The number of hydrogen-bond acceptors (Lipinski definition) is 1. The Kier molecular flexibility index (Phi) is 3.71. The summed E-state index contributed by atoms with van der Waals surface area (Å²) >= 11 is 0. The van der Waals surface area contributed by atoms with Gasteiger partial charge in [0.25, 0.3) is 0 Å². The molecule has 0 fully saturated rings. The van der Waals surface area contributed by atoms with Crippen LogP contribution in [-0.4, -0.2) is 30.1 Å². The molecule has 3 heteroatoms. The number of aryl methyl sites for hydroxylation is 1. The average molecular weight is 180 g/mol. The van der Waals surface area contributed by atoms with Gasteiger partial charge in [-0.05, 0) is 20.5 Å². The highest BCUT2D eigenvalue weighted by molar-refractivity contribution is 5.12. The maximum Gasteiger partial charge on any atom is 0.248 e. The van der Waals surface area contributed by atoms with Gasteiger partial charge in [-0.15, -0.1) is 0 Å². The Bertz CT molecular complexity index is 263. The minimum Gasteiger partial charge on any atom is -0.309 e. The maximum atomic E-state index is 3.69. The number of hydrogen-bond donors (Lipinski definition) is 0. The highest BCUT2D eigenvalue weighted by Crippen LogP contribution is 1.86. The standard InChI is InChI=1S/C10H18N3/c1-4-12-8-9-13(10-12)7-5-6-11(2)3/h4,8-10H,1,5-7H2,2-3H3/q+1. The Balaban J connectivity index is 2.32. The molecule has 0 radical (unpaired) electrons. The van der Waals surface area contributed by atoms with E-state index in [1.165, 1.54) is 6.42 Å². The molecular formula is C10H18N3+. The van der Waals surface area contributed by atoms with Crippen LogP contribution in [0.1, 0.15) is 6.42 Å². The van der Waals surface area contributed by atoms with Crippen LogP contribution in [0.15, 0.2) is 25.3 Å². The van der Waals surface area contributed by atoms with Crippen LogP contribution in [0.2, 0.25) is 0 Å². The van der Waals surface area contributed by atoms with Crippen molar-refractivity contribution in [2.75, 3.05) is 20.6 Å². The number of rotatable bonds is 5. The monoisotopic (exact) mass is 180 g/mol. The summed E-state index contributed by atoms with van der Waals surface area (Å²) in [6.07, 6.45) is 9.09. The Hall–Kier alpha value is -1.09. The molecule has 0 bridgehead atoms. The molecule has 1 rings (SSSR count). The van der Waals surface area contributed by atoms with Crippen LogP contribution in [0, 0.1) is 0 Å². The van der Waals surface area contributed by atoms with Gasteiger partial charge in [0.2, 0.25) is 6.33 Å². The fourth-order valence-corrected chi connectivity index (χ4v) is 1.22. The Morgan fingerprint density at radius 3 is 2.85 bits per heavy atom. The van der Waals surface area contributed by atoms with E-state index < -0.39 is 0 Å². The molecule has 13 heavy (non-hydrogen) atoms. The minimum atomic E-state index is 1.07. The number of nitrogens with zero attached hydrogens (tertiary/aromatic N) is 3. The lowest BCUT2D eigenvalue weighted by atomic mass is 10.4. The third-order valence-electron chi connectivity index (χ3n) is 1.94. The van der Waals surface area contributed by atoms with Crippen molar-refractivity contribution in [3.63, 3.8) is 0 Å². The second-order valence-electron chi connectivity index (χ2n) is 3.44. The molecule has 0 N–H and O–H groups in total. The van der Waals surface area contributed by atoms with Crippen LogP contribution in [0.5, 0.6) is 0 Å². The van der Waals surface area contributed by atoms with E-state index >= 15 is 0 Å². The second kappa shape index (κ2) is 4.82. The first kappa shape index (κ1) is 9.99. The van der Waals surface area contributed by atoms with Gasteiger partial charge in [-0.1, -0.05) is 6.58 Å². The molecule has 0 aromatic carbocycles. The quantitative estimate of drug-likeness (QED) is 0.611. The predicted octanol–water partition coefficient (Wildman–Crippen LogP) is 0.828. The van der Waals surface area contributed by atoms with Crippen molar-refractivity contribution in [3.8, 4) is 0 Å². The molecule has 0 unspecified atom stereocenters. The van der Waals surface area contributed by atoms with Crippen LogP contribution >= 0.6 is 0 Å². The summed E-state index contributed by atoms with van der Waals surface area (Å²) in [4.78, 5) is 2.20. The van der Waals surface area contributed by atoms with Gasteiger partial charge in [-0.2, -0.15) is 0 Å². The van der Waals surface area contributed by atoms with Gasteiger partial charge in [-0.25, -0.2) is 9.13 Å². The van der Waals surface area contributed by atoms with Crippen molar-refractivity contribution in [1.29, 1.82) is 0 Å². The first-order valence-corrected chi connectivity index (χ1v) is 4.56. The van der Waals surface area contributed by atoms with Gasteiger partial charge in [-0.3, -0.25) is 0 Å². The van der Waals surface area contributed by atoms with Crippen LogP contribution in [0.4, 0.5) is 0 Å². The highest BCUT2D eigenvalue weighted by atomic mass is 15.1. The zero-order valence-electron chi connectivity index (χ0n) is 8.48. The molecule has 0 spiro atoms. The molecule has 0 saturated heterocycles. The van der Waals surface area contributed by atoms with E-state index in [0.717, 1.165) is 13.1 Å². The first-order valence-electron chi connectivity index (χ1n) is 4.56. The topological polar surface area (TPSA) is 12.0 Å². The molecule has 1 heterocycles. The molecule has 0 saturated carbocycles. The molecule has 0 aliphatic carbocycles. The summed E-state index contributed by atoms with van der Waals surface area (Å²) in [5.41, 5.74) is 0. The highest BCUT2D eigenvalue weighted by Gasteiger charge is 2.00. The lowest BCUT2D eigenvalue weighted by molar-refractivity contribution is -0.696. The summed E-state index contributed by atoms with van der Waals surface area (Å²) < 4.78 is 4.13. The normalized spacial score (nSPS) is 10.7.